The number of benzene rings is 2. The second-order valence-corrected chi connectivity index (χ2v) is 6.42. The number of ether oxygens (including phenoxy) is 1. The number of nitrogens with one attached hydrogen (secondary N) is 3. The topological polar surface area (TPSA) is 96.5 Å². The highest BCUT2D eigenvalue weighted by Crippen LogP contribution is 2.15. The molecule has 1 atom stereocenters. The van der Waals surface area contributed by atoms with E-state index in [-0.39, 0.29) is 17.7 Å². The van der Waals surface area contributed by atoms with E-state index in [9.17, 15) is 14.4 Å². The summed E-state index contributed by atoms with van der Waals surface area (Å²) in [6, 6.07) is 14.7. The van der Waals surface area contributed by atoms with Crippen molar-refractivity contribution < 1.29 is 19.1 Å². The Balaban J connectivity index is 2.06. The van der Waals surface area contributed by atoms with Gasteiger partial charge in [-0.15, -0.1) is 0 Å². The molecule has 7 heteroatoms. The van der Waals surface area contributed by atoms with Gasteiger partial charge in [-0.3, -0.25) is 14.4 Å². The fourth-order valence-corrected chi connectivity index (χ4v) is 2.70. The number of anilines is 1. The van der Waals surface area contributed by atoms with Crippen molar-refractivity contribution in [2.75, 3.05) is 25.1 Å². The van der Waals surface area contributed by atoms with Gasteiger partial charge in [0.2, 0.25) is 11.8 Å². The highest BCUT2D eigenvalue weighted by Gasteiger charge is 2.23. The van der Waals surface area contributed by atoms with Crippen molar-refractivity contribution in [3.63, 3.8) is 0 Å². The molecule has 2 aromatic rings. The minimum absolute atomic E-state index is 0.188. The lowest BCUT2D eigenvalue weighted by Gasteiger charge is -2.19. The van der Waals surface area contributed by atoms with Gasteiger partial charge in [0.25, 0.3) is 5.91 Å². The first-order chi connectivity index (χ1) is 14.0. The second kappa shape index (κ2) is 11.6. The minimum Gasteiger partial charge on any atom is -0.382 e. The average molecular weight is 397 g/mol. The predicted molar refractivity (Wildman–Crippen MR) is 112 cm³/mol. The summed E-state index contributed by atoms with van der Waals surface area (Å²) >= 11 is 0. The van der Waals surface area contributed by atoms with E-state index in [2.05, 4.69) is 16.0 Å². The third kappa shape index (κ3) is 7.38. The van der Waals surface area contributed by atoms with Crippen LogP contribution in [-0.2, 0) is 14.3 Å². The van der Waals surface area contributed by atoms with Crippen molar-refractivity contribution in [3.8, 4) is 0 Å². The summed E-state index contributed by atoms with van der Waals surface area (Å²) in [6.45, 7) is 5.00. The Labute approximate surface area is 170 Å². The van der Waals surface area contributed by atoms with E-state index in [0.717, 1.165) is 0 Å². The van der Waals surface area contributed by atoms with Crippen LogP contribution in [0.2, 0.25) is 0 Å². The molecule has 0 unspecified atom stereocenters. The normalized spacial score (nSPS) is 11.4. The summed E-state index contributed by atoms with van der Waals surface area (Å²) in [7, 11) is 0. The fourth-order valence-electron chi connectivity index (χ4n) is 2.70. The Hall–Kier alpha value is -3.19. The molecule has 0 fully saturated rings. The molecule has 0 spiro atoms. The number of carbonyl (C=O) groups is 3. The Bertz CT molecular complexity index is 807. The molecule has 0 heterocycles. The van der Waals surface area contributed by atoms with Gasteiger partial charge in [0, 0.05) is 37.9 Å². The smallest absolute Gasteiger partial charge is 0.252 e. The molecular formula is C22H27N3O4. The summed E-state index contributed by atoms with van der Waals surface area (Å²) in [5.74, 6) is -0.846. The molecule has 0 bridgehead atoms. The van der Waals surface area contributed by atoms with Crippen molar-refractivity contribution in [2.24, 2.45) is 0 Å². The lowest BCUT2D eigenvalue weighted by atomic mass is 10.1. The molecule has 3 N–H and O–H groups in total. The average Bonchev–Trinajstić information content (AvgIpc) is 2.72. The van der Waals surface area contributed by atoms with Gasteiger partial charge in [-0.05, 0) is 43.2 Å². The van der Waals surface area contributed by atoms with Crippen molar-refractivity contribution in [2.45, 2.75) is 26.3 Å². The SMILES string of the molecule is CCOCCCNC(=O)[C@@H](NC(=O)c1ccc(NC(C)=O)cc1)c1ccccc1. The first-order valence-corrected chi connectivity index (χ1v) is 9.60. The third-order valence-electron chi connectivity index (χ3n) is 4.11. The Morgan fingerprint density at radius 1 is 1.00 bits per heavy atom. The largest absolute Gasteiger partial charge is 0.382 e. The summed E-state index contributed by atoms with van der Waals surface area (Å²) in [4.78, 5) is 36.5. The molecular weight excluding hydrogens is 370 g/mol. The standard InChI is InChI=1S/C22H27N3O4/c1-3-29-15-7-14-23-22(28)20(17-8-5-4-6-9-17)25-21(27)18-10-12-19(13-11-18)24-16(2)26/h4-6,8-13,20H,3,7,14-15H2,1-2H3,(H,23,28)(H,24,26)(H,25,27)/t20-/m0/s1. The lowest BCUT2D eigenvalue weighted by molar-refractivity contribution is -0.123. The molecule has 0 saturated heterocycles. The summed E-state index contributed by atoms with van der Waals surface area (Å²) in [5.41, 5.74) is 1.68. The maximum absolute atomic E-state index is 12.7. The Kier molecular flexibility index (Phi) is 8.85. The monoisotopic (exact) mass is 397 g/mol. The predicted octanol–water partition coefficient (Wildman–Crippen LogP) is 2.66. The van der Waals surface area contributed by atoms with Gasteiger partial charge < -0.3 is 20.7 Å². The number of hydrogen-bond acceptors (Lipinski definition) is 4. The van der Waals surface area contributed by atoms with Crippen molar-refractivity contribution in [3.05, 3.63) is 65.7 Å². The van der Waals surface area contributed by atoms with Crippen LogP contribution >= 0.6 is 0 Å². The summed E-state index contributed by atoms with van der Waals surface area (Å²) in [6.07, 6.45) is 0.694. The number of hydrogen-bond donors (Lipinski definition) is 3. The van der Waals surface area contributed by atoms with Gasteiger partial charge in [-0.1, -0.05) is 30.3 Å². The molecule has 2 rings (SSSR count). The van der Waals surface area contributed by atoms with E-state index in [0.29, 0.717) is 43.0 Å². The van der Waals surface area contributed by atoms with E-state index in [4.69, 9.17) is 4.74 Å². The van der Waals surface area contributed by atoms with E-state index in [1.54, 1.807) is 36.4 Å². The van der Waals surface area contributed by atoms with Crippen LogP contribution in [0.1, 0.15) is 42.2 Å². The van der Waals surface area contributed by atoms with Gasteiger partial charge in [-0.2, -0.15) is 0 Å². The first-order valence-electron chi connectivity index (χ1n) is 9.60. The van der Waals surface area contributed by atoms with Crippen molar-refractivity contribution in [1.82, 2.24) is 10.6 Å². The van der Waals surface area contributed by atoms with Crippen LogP contribution in [0.25, 0.3) is 0 Å². The van der Waals surface area contributed by atoms with Crippen LogP contribution in [0.3, 0.4) is 0 Å². The van der Waals surface area contributed by atoms with Crippen LogP contribution in [0, 0.1) is 0 Å². The Morgan fingerprint density at radius 3 is 2.31 bits per heavy atom. The number of carbonyl (C=O) groups excluding carboxylic acids is 3. The molecule has 2 aromatic carbocycles. The highest BCUT2D eigenvalue weighted by molar-refractivity contribution is 5.98. The van der Waals surface area contributed by atoms with Crippen LogP contribution < -0.4 is 16.0 Å². The van der Waals surface area contributed by atoms with Crippen LogP contribution in [0.15, 0.2) is 54.6 Å². The molecule has 3 amide bonds. The summed E-state index contributed by atoms with van der Waals surface area (Å²) < 4.78 is 5.27. The van der Waals surface area contributed by atoms with E-state index in [1.165, 1.54) is 6.92 Å². The quantitative estimate of drug-likeness (QED) is 0.537. The van der Waals surface area contributed by atoms with Gasteiger partial charge in [0.05, 0.1) is 0 Å². The zero-order valence-corrected chi connectivity index (χ0v) is 16.7. The zero-order chi connectivity index (χ0) is 21.1. The summed E-state index contributed by atoms with van der Waals surface area (Å²) in [5, 5.41) is 8.29. The molecule has 154 valence electrons. The number of rotatable bonds is 10. The van der Waals surface area contributed by atoms with Gasteiger partial charge in [0.15, 0.2) is 0 Å². The van der Waals surface area contributed by atoms with Crippen LogP contribution in [-0.4, -0.2) is 37.5 Å². The first kappa shape index (κ1) is 22.1. The van der Waals surface area contributed by atoms with E-state index in [1.807, 2.05) is 25.1 Å². The molecule has 0 aromatic heterocycles. The van der Waals surface area contributed by atoms with E-state index < -0.39 is 6.04 Å². The minimum atomic E-state index is -0.814. The molecule has 0 radical (unpaired) electrons. The molecule has 29 heavy (non-hydrogen) atoms. The van der Waals surface area contributed by atoms with Gasteiger partial charge in [-0.25, -0.2) is 0 Å². The van der Waals surface area contributed by atoms with E-state index >= 15 is 0 Å². The van der Waals surface area contributed by atoms with Gasteiger partial charge >= 0.3 is 0 Å². The van der Waals surface area contributed by atoms with Crippen molar-refractivity contribution >= 4 is 23.4 Å². The van der Waals surface area contributed by atoms with Crippen LogP contribution in [0.4, 0.5) is 5.69 Å². The molecule has 7 nitrogen and oxygen atoms in total. The third-order valence-corrected chi connectivity index (χ3v) is 4.11. The van der Waals surface area contributed by atoms with Crippen LogP contribution in [0.5, 0.6) is 0 Å². The highest BCUT2D eigenvalue weighted by atomic mass is 16.5. The lowest BCUT2D eigenvalue weighted by Crippen LogP contribution is -2.40. The fraction of sp³-hybridized carbons (Fsp3) is 0.318. The second-order valence-electron chi connectivity index (χ2n) is 6.42. The molecule has 0 aliphatic rings. The van der Waals surface area contributed by atoms with Gasteiger partial charge in [0.1, 0.15) is 6.04 Å². The maximum atomic E-state index is 12.7. The number of amides is 3. The molecule has 0 aliphatic heterocycles. The maximum Gasteiger partial charge on any atom is 0.252 e. The molecule has 0 aliphatic carbocycles. The Morgan fingerprint density at radius 2 is 1.69 bits per heavy atom. The zero-order valence-electron chi connectivity index (χ0n) is 16.7. The van der Waals surface area contributed by atoms with Crippen molar-refractivity contribution in [1.29, 1.82) is 0 Å². The molecule has 0 saturated carbocycles.